The van der Waals surface area contributed by atoms with Crippen molar-refractivity contribution in [3.8, 4) is 46.5 Å². The Kier molecular flexibility index (Phi) is 5.79. The van der Waals surface area contributed by atoms with Crippen LogP contribution in [0.2, 0.25) is 0 Å². The molecule has 0 atom stereocenters. The summed E-state index contributed by atoms with van der Waals surface area (Å²) in [6.07, 6.45) is -10.0. The fraction of sp³-hybridized carbons (Fsp3) is 0.0769. The molecule has 0 aromatic heterocycles. The van der Waals surface area contributed by atoms with Gasteiger partial charge in [-0.05, 0) is 35.4 Å². The van der Waals surface area contributed by atoms with Crippen molar-refractivity contribution in [3.63, 3.8) is 0 Å². The van der Waals surface area contributed by atoms with Gasteiger partial charge in [0.1, 0.15) is 12.1 Å². The van der Waals surface area contributed by atoms with Gasteiger partial charge in [-0.15, -0.1) is 0 Å². The van der Waals surface area contributed by atoms with Gasteiger partial charge >= 0.3 is 12.4 Å². The molecule has 0 spiro atoms. The average molecular weight is 520 g/mol. The van der Waals surface area contributed by atoms with Crippen LogP contribution in [0.1, 0.15) is 33.4 Å². The average Bonchev–Trinajstić information content (AvgIpc) is 3.33. The van der Waals surface area contributed by atoms with E-state index >= 15 is 0 Å². The summed E-state index contributed by atoms with van der Waals surface area (Å²) in [6.45, 7) is 0. The third-order valence-electron chi connectivity index (χ3n) is 5.85. The van der Waals surface area contributed by atoms with E-state index in [0.717, 1.165) is 24.3 Å². The summed E-state index contributed by atoms with van der Waals surface area (Å²) < 4.78 is 80.8. The molecule has 12 heteroatoms. The Morgan fingerprint density at radius 1 is 0.553 bits per heavy atom. The first kappa shape index (κ1) is 25.6. The topological polar surface area (TPSA) is 129 Å². The van der Waals surface area contributed by atoms with Crippen LogP contribution in [0.25, 0.3) is 22.3 Å². The number of nitriles is 4. The SMILES string of the molecule is N#Cc1ccc(-c2c(C#N)c3c(=O)c(-c4ccc(C#N)c(C(F)(F)F)c4)c(C#N)c=3c2=O)cc1C(F)(F)F. The quantitative estimate of drug-likeness (QED) is 0.347. The van der Waals surface area contributed by atoms with Crippen LogP contribution in [-0.2, 0) is 12.4 Å². The highest BCUT2D eigenvalue weighted by Crippen LogP contribution is 2.37. The normalized spacial score (nSPS) is 11.5. The van der Waals surface area contributed by atoms with E-state index in [4.69, 9.17) is 10.5 Å². The largest absolute Gasteiger partial charge is 0.417 e. The van der Waals surface area contributed by atoms with Crippen LogP contribution >= 0.6 is 0 Å². The van der Waals surface area contributed by atoms with Crippen LogP contribution in [-0.4, -0.2) is 0 Å². The molecule has 0 N–H and O–H groups in total. The predicted octanol–water partition coefficient (Wildman–Crippen LogP) is 4.87. The van der Waals surface area contributed by atoms with Crippen molar-refractivity contribution in [3.05, 3.63) is 101 Å². The fourth-order valence-electron chi connectivity index (χ4n) is 4.27. The molecular formula is C26H6F6N4O2. The molecule has 0 saturated heterocycles. The monoisotopic (exact) mass is 520 g/mol. The van der Waals surface area contributed by atoms with E-state index < -0.39 is 89.3 Å². The maximum atomic E-state index is 13.5. The van der Waals surface area contributed by atoms with Crippen molar-refractivity contribution in [1.82, 2.24) is 0 Å². The maximum Gasteiger partial charge on any atom is 0.417 e. The van der Waals surface area contributed by atoms with Crippen LogP contribution in [0.5, 0.6) is 0 Å². The second-order valence-electron chi connectivity index (χ2n) is 7.87. The second kappa shape index (κ2) is 8.58. The number of rotatable bonds is 2. The minimum atomic E-state index is -5.00. The van der Waals surface area contributed by atoms with E-state index in [0.29, 0.717) is 12.1 Å². The molecule has 0 heterocycles. The van der Waals surface area contributed by atoms with Crippen molar-refractivity contribution in [1.29, 1.82) is 21.0 Å². The maximum absolute atomic E-state index is 13.5. The Labute approximate surface area is 207 Å². The summed E-state index contributed by atoms with van der Waals surface area (Å²) in [5.74, 6) is 0. The Hall–Kier alpha value is -5.46. The summed E-state index contributed by atoms with van der Waals surface area (Å²) in [7, 11) is 0. The van der Waals surface area contributed by atoms with Crippen molar-refractivity contribution in [2.45, 2.75) is 12.4 Å². The number of alkyl halides is 6. The molecule has 2 aliphatic rings. The molecule has 2 aliphatic carbocycles. The van der Waals surface area contributed by atoms with E-state index in [1.807, 2.05) is 0 Å². The predicted molar refractivity (Wildman–Crippen MR) is 116 cm³/mol. The van der Waals surface area contributed by atoms with E-state index in [1.54, 1.807) is 12.1 Å². The van der Waals surface area contributed by atoms with Gasteiger partial charge in [0.05, 0.1) is 56.0 Å². The molecule has 0 aliphatic heterocycles. The Balaban J connectivity index is 2.10. The van der Waals surface area contributed by atoms with E-state index in [1.165, 1.54) is 12.1 Å². The van der Waals surface area contributed by atoms with Gasteiger partial charge in [-0.3, -0.25) is 9.59 Å². The molecule has 0 amide bonds. The molecule has 184 valence electrons. The Morgan fingerprint density at radius 3 is 1.16 bits per heavy atom. The highest BCUT2D eigenvalue weighted by Gasteiger charge is 2.36. The number of nitrogens with zero attached hydrogens (tertiary/aromatic N) is 4. The molecule has 0 fully saturated rings. The van der Waals surface area contributed by atoms with Crippen molar-refractivity contribution in [2.24, 2.45) is 0 Å². The third kappa shape index (κ3) is 3.73. The van der Waals surface area contributed by atoms with Crippen molar-refractivity contribution < 1.29 is 26.3 Å². The summed E-state index contributed by atoms with van der Waals surface area (Å²) in [4.78, 5) is 26.6. The lowest BCUT2D eigenvalue weighted by molar-refractivity contribution is -0.138. The molecule has 4 rings (SSSR count). The van der Waals surface area contributed by atoms with Crippen molar-refractivity contribution >= 4 is 0 Å². The number of hydrogen-bond acceptors (Lipinski definition) is 6. The van der Waals surface area contributed by atoms with Crippen LogP contribution < -0.4 is 10.9 Å². The second-order valence-corrected chi connectivity index (χ2v) is 7.87. The van der Waals surface area contributed by atoms with Gasteiger partial charge in [-0.2, -0.15) is 47.4 Å². The zero-order valence-electron chi connectivity index (χ0n) is 18.3. The van der Waals surface area contributed by atoms with E-state index in [-0.39, 0.29) is 0 Å². The third-order valence-corrected chi connectivity index (χ3v) is 5.85. The van der Waals surface area contributed by atoms with Gasteiger partial charge in [0.2, 0.25) is 0 Å². The molecule has 0 unspecified atom stereocenters. The van der Waals surface area contributed by atoms with E-state index in [9.17, 15) is 46.5 Å². The molecule has 38 heavy (non-hydrogen) atoms. The number of benzene rings is 2. The van der Waals surface area contributed by atoms with Gasteiger partial charge in [-0.25, -0.2) is 0 Å². The zero-order valence-corrected chi connectivity index (χ0v) is 18.3. The van der Waals surface area contributed by atoms with Gasteiger partial charge in [0.15, 0.2) is 10.9 Å². The summed E-state index contributed by atoms with van der Waals surface area (Å²) in [5.41, 5.74) is -10.1. The Bertz CT molecular complexity index is 1840. The summed E-state index contributed by atoms with van der Waals surface area (Å²) in [6, 6.07) is 10.3. The van der Waals surface area contributed by atoms with Crippen LogP contribution in [0.3, 0.4) is 0 Å². The lowest BCUT2D eigenvalue weighted by Crippen LogP contribution is -2.11. The van der Waals surface area contributed by atoms with Crippen LogP contribution in [0.15, 0.2) is 46.0 Å². The smallest absolute Gasteiger partial charge is 0.288 e. The first-order valence-electron chi connectivity index (χ1n) is 10.2. The molecule has 0 radical (unpaired) electrons. The Morgan fingerprint density at radius 2 is 0.895 bits per heavy atom. The molecule has 0 bridgehead atoms. The van der Waals surface area contributed by atoms with E-state index in [2.05, 4.69) is 0 Å². The molecule has 2 aromatic rings. The first-order chi connectivity index (χ1) is 17.8. The van der Waals surface area contributed by atoms with Crippen LogP contribution in [0, 0.1) is 55.8 Å². The van der Waals surface area contributed by atoms with Gasteiger partial charge in [0.25, 0.3) is 0 Å². The fourth-order valence-corrected chi connectivity index (χ4v) is 4.27. The minimum Gasteiger partial charge on any atom is -0.288 e. The van der Waals surface area contributed by atoms with Crippen molar-refractivity contribution in [2.75, 3.05) is 0 Å². The first-order valence-corrected chi connectivity index (χ1v) is 10.2. The summed E-state index contributed by atoms with van der Waals surface area (Å²) in [5, 5.41) is 36.2. The van der Waals surface area contributed by atoms with Gasteiger partial charge in [0, 0.05) is 11.1 Å². The van der Waals surface area contributed by atoms with Crippen LogP contribution in [0.4, 0.5) is 26.3 Å². The lowest BCUT2D eigenvalue weighted by atomic mass is 9.96. The highest BCUT2D eigenvalue weighted by molar-refractivity contribution is 5.80. The van der Waals surface area contributed by atoms with Gasteiger partial charge < -0.3 is 0 Å². The minimum absolute atomic E-state index is 0.448. The molecule has 6 nitrogen and oxygen atoms in total. The highest BCUT2D eigenvalue weighted by atomic mass is 19.4. The summed E-state index contributed by atoms with van der Waals surface area (Å²) >= 11 is 0. The number of hydrogen-bond donors (Lipinski definition) is 0. The zero-order chi connectivity index (χ0) is 28.2. The standard InChI is InChI=1S/C26H6F6N4O2/c27-25(28,29)17-5-11(1-3-13(17)7-33)19-15(9-35)21-22(23(19)37)16(10-36)20(24(21)38)12-2-4-14(8-34)18(6-12)26(30,31)32/h1-6H. The molecule has 2 aromatic carbocycles. The number of halogens is 6. The molecular weight excluding hydrogens is 514 g/mol. The lowest BCUT2D eigenvalue weighted by Gasteiger charge is -2.11. The van der Waals surface area contributed by atoms with Gasteiger partial charge in [-0.1, -0.05) is 12.1 Å². The molecule has 0 saturated carbocycles.